The van der Waals surface area contributed by atoms with Gasteiger partial charge in [0.15, 0.2) is 0 Å². The third-order valence-electron chi connectivity index (χ3n) is 0. The van der Waals surface area contributed by atoms with Crippen molar-refractivity contribution >= 4 is 10.4 Å². The van der Waals surface area contributed by atoms with E-state index in [0.29, 0.717) is 0 Å². The summed E-state index contributed by atoms with van der Waals surface area (Å²) in [6.45, 7) is 0. The van der Waals surface area contributed by atoms with Crippen molar-refractivity contribution in [1.82, 2.24) is 0 Å². The molecule has 0 unspecified atom stereocenters. The largest absolute Gasteiger partial charge is 2.00 e. The van der Waals surface area contributed by atoms with Crippen molar-refractivity contribution in [3.8, 4) is 0 Å². The van der Waals surface area contributed by atoms with E-state index in [4.69, 9.17) is 17.5 Å². The zero-order valence-electron chi connectivity index (χ0n) is 3.76. The molecule has 0 amide bonds. The number of hydrogen-bond donors (Lipinski definition) is 0. The molecule has 0 spiro atoms. The van der Waals surface area contributed by atoms with Crippen LogP contribution in [-0.2, 0) is 72.6 Å². The Bertz CT molecular complexity index is 96.2. The van der Waals surface area contributed by atoms with Crippen LogP contribution in [0.15, 0.2) is 0 Å². The second-order valence-electron chi connectivity index (χ2n) is 0.408. The fourth-order valence-electron chi connectivity index (χ4n) is 0. The molecule has 0 aliphatic rings. The molecule has 0 saturated carbocycles. The van der Waals surface area contributed by atoms with Gasteiger partial charge < -0.3 is 20.1 Å². The van der Waals surface area contributed by atoms with Crippen LogP contribution in [0.1, 0.15) is 0 Å². The quantitative estimate of drug-likeness (QED) is 0.302. The van der Waals surface area contributed by atoms with Crippen LogP contribution in [0, 0.1) is 0 Å². The SMILES string of the molecule is O=S(=O)([O-])[O-].[Cu+2].[Cu+2].[Cu+2].[O-2].[O-2]. The van der Waals surface area contributed by atoms with Crippen LogP contribution < -0.4 is 0 Å². The zero-order valence-corrected chi connectivity index (χ0v) is 7.40. The molecule has 3 radical (unpaired) electrons. The molecule has 6 nitrogen and oxygen atoms in total. The van der Waals surface area contributed by atoms with Crippen molar-refractivity contribution in [3.63, 3.8) is 0 Å². The van der Waals surface area contributed by atoms with Gasteiger partial charge in [-0.25, -0.2) is 0 Å². The first-order chi connectivity index (χ1) is 2.00. The van der Waals surface area contributed by atoms with Gasteiger partial charge in [0.25, 0.3) is 0 Å². The van der Waals surface area contributed by atoms with E-state index in [1.54, 1.807) is 0 Å². The third-order valence-corrected chi connectivity index (χ3v) is 0. The molecular weight excluding hydrogens is 319 g/mol. The molecule has 0 bridgehead atoms. The van der Waals surface area contributed by atoms with Crippen molar-refractivity contribution in [3.05, 3.63) is 0 Å². The number of rotatable bonds is 0. The van der Waals surface area contributed by atoms with Crippen LogP contribution in [0.3, 0.4) is 0 Å². The second kappa shape index (κ2) is 16.7. The Morgan fingerprint density at radius 3 is 0.800 bits per heavy atom. The van der Waals surface area contributed by atoms with Crippen LogP contribution >= 0.6 is 0 Å². The van der Waals surface area contributed by atoms with Crippen LogP contribution in [-0.4, -0.2) is 17.5 Å². The summed E-state index contributed by atoms with van der Waals surface area (Å²) in [5.74, 6) is 0. The maximum atomic E-state index is 8.52. The van der Waals surface area contributed by atoms with E-state index in [1.807, 2.05) is 0 Å². The van der Waals surface area contributed by atoms with E-state index >= 15 is 0 Å². The molecule has 0 aliphatic carbocycles. The van der Waals surface area contributed by atoms with Crippen LogP contribution in [0.25, 0.3) is 0 Å². The maximum Gasteiger partial charge on any atom is 2.00 e. The summed E-state index contributed by atoms with van der Waals surface area (Å²) in [5.41, 5.74) is 0. The fraction of sp³-hybridized carbons (Fsp3) is 0. The van der Waals surface area contributed by atoms with Gasteiger partial charge in [-0.05, 0) is 0 Å². The molecule has 10 heteroatoms. The van der Waals surface area contributed by atoms with Crippen LogP contribution in [0.5, 0.6) is 0 Å². The van der Waals surface area contributed by atoms with E-state index in [1.165, 1.54) is 0 Å². The Kier molecular flexibility index (Phi) is 71.2. The predicted molar refractivity (Wildman–Crippen MR) is 11.8 cm³/mol. The Morgan fingerprint density at radius 2 is 0.800 bits per heavy atom. The molecule has 0 atom stereocenters. The van der Waals surface area contributed by atoms with E-state index < -0.39 is 10.4 Å². The van der Waals surface area contributed by atoms with Gasteiger partial charge in [-0.2, -0.15) is 0 Å². The molecule has 0 aromatic heterocycles. The number of hydrogen-bond acceptors (Lipinski definition) is 4. The summed E-state index contributed by atoms with van der Waals surface area (Å²) >= 11 is 0. The average Bonchev–Trinajstić information content (AvgIpc) is 0.722. The topological polar surface area (TPSA) is 137 Å². The van der Waals surface area contributed by atoms with E-state index in [2.05, 4.69) is 0 Å². The molecule has 0 aromatic carbocycles. The smallest absolute Gasteiger partial charge is 2.00 e. The van der Waals surface area contributed by atoms with Crippen molar-refractivity contribution in [1.29, 1.82) is 0 Å². The summed E-state index contributed by atoms with van der Waals surface area (Å²) in [6.07, 6.45) is 0. The zero-order chi connectivity index (χ0) is 4.50. The molecule has 75 valence electrons. The summed E-state index contributed by atoms with van der Waals surface area (Å²) in [6, 6.07) is 0. The van der Waals surface area contributed by atoms with Gasteiger partial charge in [0.2, 0.25) is 0 Å². The minimum absolute atomic E-state index is 0. The van der Waals surface area contributed by atoms with Gasteiger partial charge >= 0.3 is 51.2 Å². The Balaban J connectivity index is -0.00000000800. The van der Waals surface area contributed by atoms with Gasteiger partial charge in [-0.15, -0.1) is 0 Å². The minimum Gasteiger partial charge on any atom is -2.00 e. The third kappa shape index (κ3) is 358. The molecule has 0 aliphatic heterocycles. The Labute approximate surface area is 89.8 Å². The van der Waals surface area contributed by atoms with Gasteiger partial charge in [0, 0.05) is 10.4 Å². The van der Waals surface area contributed by atoms with Gasteiger partial charge in [-0.3, -0.25) is 8.42 Å². The Hall–Kier alpha value is 1.35. The van der Waals surface area contributed by atoms with Crippen molar-refractivity contribution < 1.29 is 79.7 Å². The first-order valence-corrected chi connectivity index (χ1v) is 2.00. The standard InChI is InChI=1S/3Cu.H2O4S.2O/c;;;1-5(2,3)4;;/h;;;(H2,1,2,3,4);;/q3*+2;;2*-2/p-2. The summed E-state index contributed by atoms with van der Waals surface area (Å²) in [5, 5.41) is 0. The maximum absolute atomic E-state index is 8.52. The second-order valence-corrected chi connectivity index (χ2v) is 1.22. The molecule has 0 rings (SSSR count). The molecule has 10 heavy (non-hydrogen) atoms. The normalized spacial score (nSPS) is 5.80. The van der Waals surface area contributed by atoms with Crippen LogP contribution in [0.2, 0.25) is 0 Å². The molecule has 0 fully saturated rings. The minimum atomic E-state index is -5.17. The van der Waals surface area contributed by atoms with Crippen molar-refractivity contribution in [2.75, 3.05) is 0 Å². The summed E-state index contributed by atoms with van der Waals surface area (Å²) in [4.78, 5) is 0. The van der Waals surface area contributed by atoms with Gasteiger partial charge in [-0.1, -0.05) is 0 Å². The molecular formula is Cu3O6S. The van der Waals surface area contributed by atoms with Crippen molar-refractivity contribution in [2.45, 2.75) is 0 Å². The van der Waals surface area contributed by atoms with Crippen LogP contribution in [0.4, 0.5) is 0 Å². The molecule has 0 saturated heterocycles. The first kappa shape index (κ1) is 42.5. The van der Waals surface area contributed by atoms with Gasteiger partial charge in [0.05, 0.1) is 0 Å². The monoisotopic (exact) mass is 317 g/mol. The van der Waals surface area contributed by atoms with Gasteiger partial charge in [0.1, 0.15) is 0 Å². The van der Waals surface area contributed by atoms with Crippen molar-refractivity contribution in [2.24, 2.45) is 0 Å². The fourth-order valence-corrected chi connectivity index (χ4v) is 0. The summed E-state index contributed by atoms with van der Waals surface area (Å²) in [7, 11) is -5.17. The average molecular weight is 319 g/mol. The molecule has 0 aromatic rings. The Morgan fingerprint density at radius 1 is 0.800 bits per heavy atom. The molecule has 0 heterocycles. The summed E-state index contributed by atoms with van der Waals surface area (Å²) < 4.78 is 34.1. The molecule has 0 N–H and O–H groups in total. The van der Waals surface area contributed by atoms with E-state index in [9.17, 15) is 0 Å². The van der Waals surface area contributed by atoms with E-state index in [0.717, 1.165) is 0 Å². The van der Waals surface area contributed by atoms with E-state index in [-0.39, 0.29) is 62.2 Å². The predicted octanol–water partition coefficient (Wildman–Crippen LogP) is -1.58. The first-order valence-electron chi connectivity index (χ1n) is 0.667.